The van der Waals surface area contributed by atoms with Crippen molar-refractivity contribution in [3.8, 4) is 0 Å². The smallest absolute Gasteiger partial charge is 0.340 e. The van der Waals surface area contributed by atoms with E-state index in [0.717, 1.165) is 31.6 Å². The third kappa shape index (κ3) is 4.46. The highest BCUT2D eigenvalue weighted by molar-refractivity contribution is 5.95. The molecular weight excluding hydrogens is 264 g/mol. The summed E-state index contributed by atoms with van der Waals surface area (Å²) < 4.78 is 5.13. The Labute approximate surface area is 127 Å². The number of ether oxygens (including phenoxy) is 1. The first-order chi connectivity index (χ1) is 10.2. The number of nitrogens with zero attached hydrogens (tertiary/aromatic N) is 1. The van der Waals surface area contributed by atoms with E-state index in [-0.39, 0.29) is 5.97 Å². The Morgan fingerprint density at radius 2 is 2.10 bits per heavy atom. The molecule has 0 amide bonds. The number of esters is 1. The van der Waals surface area contributed by atoms with Crippen LogP contribution in [-0.4, -0.2) is 43.2 Å². The minimum absolute atomic E-state index is 0.246. The zero-order chi connectivity index (χ0) is 15.1. The molecule has 21 heavy (non-hydrogen) atoms. The van der Waals surface area contributed by atoms with Gasteiger partial charge >= 0.3 is 5.97 Å². The molecule has 1 unspecified atom stereocenters. The van der Waals surface area contributed by atoms with Crippen molar-refractivity contribution in [3.05, 3.63) is 29.8 Å². The van der Waals surface area contributed by atoms with E-state index in [0.29, 0.717) is 18.2 Å². The van der Waals surface area contributed by atoms with Crippen molar-refractivity contribution in [2.45, 2.75) is 39.2 Å². The number of carbonyl (C=O) groups excluding carboxylic acids is 1. The molecule has 0 bridgehead atoms. The van der Waals surface area contributed by atoms with Gasteiger partial charge in [-0.1, -0.05) is 19.1 Å². The first-order valence-corrected chi connectivity index (χ1v) is 7.99. The van der Waals surface area contributed by atoms with E-state index in [9.17, 15) is 4.79 Å². The molecule has 1 N–H and O–H groups in total. The SMILES string of the molecule is CCOC(=O)c1ccccc1NC1CCCN(CC)CC1. The molecule has 1 heterocycles. The number of benzene rings is 1. The predicted octanol–water partition coefficient (Wildman–Crippen LogP) is 3.15. The van der Waals surface area contributed by atoms with Crippen LogP contribution < -0.4 is 5.32 Å². The fourth-order valence-electron chi connectivity index (χ4n) is 2.83. The van der Waals surface area contributed by atoms with Crippen molar-refractivity contribution in [1.29, 1.82) is 0 Å². The second kappa shape index (κ2) is 8.03. The lowest BCUT2D eigenvalue weighted by atomic mass is 10.1. The van der Waals surface area contributed by atoms with Gasteiger partial charge in [-0.25, -0.2) is 4.79 Å². The molecule has 0 saturated carbocycles. The van der Waals surface area contributed by atoms with Gasteiger partial charge in [0.15, 0.2) is 0 Å². The van der Waals surface area contributed by atoms with E-state index in [2.05, 4.69) is 17.1 Å². The standard InChI is InChI=1S/C17H26N2O2/c1-3-19-12-7-8-14(11-13-19)18-16-10-6-5-9-15(16)17(20)21-4-2/h5-6,9-10,14,18H,3-4,7-8,11-13H2,1-2H3. The molecule has 1 aromatic rings. The zero-order valence-electron chi connectivity index (χ0n) is 13.1. The van der Waals surface area contributed by atoms with Crippen molar-refractivity contribution in [3.63, 3.8) is 0 Å². The van der Waals surface area contributed by atoms with Crippen LogP contribution in [0.15, 0.2) is 24.3 Å². The first kappa shape index (κ1) is 15.8. The summed E-state index contributed by atoms with van der Waals surface area (Å²) in [6.07, 6.45) is 3.46. The molecule has 1 aliphatic rings. The number of rotatable bonds is 5. The lowest BCUT2D eigenvalue weighted by Crippen LogP contribution is -2.26. The van der Waals surface area contributed by atoms with Crippen molar-refractivity contribution >= 4 is 11.7 Å². The summed E-state index contributed by atoms with van der Waals surface area (Å²) in [5.74, 6) is -0.246. The second-order valence-electron chi connectivity index (χ2n) is 5.47. The highest BCUT2D eigenvalue weighted by Gasteiger charge is 2.18. The van der Waals surface area contributed by atoms with Crippen molar-refractivity contribution in [2.24, 2.45) is 0 Å². The third-order valence-corrected chi connectivity index (χ3v) is 4.05. The molecule has 4 nitrogen and oxygen atoms in total. The van der Waals surface area contributed by atoms with Crippen molar-refractivity contribution in [1.82, 2.24) is 4.90 Å². The Kier molecular flexibility index (Phi) is 6.05. The summed E-state index contributed by atoms with van der Waals surface area (Å²) in [7, 11) is 0. The largest absolute Gasteiger partial charge is 0.462 e. The summed E-state index contributed by atoms with van der Waals surface area (Å²) in [6, 6.07) is 8.06. The van der Waals surface area contributed by atoms with Crippen molar-refractivity contribution < 1.29 is 9.53 Å². The quantitative estimate of drug-likeness (QED) is 0.846. The van der Waals surface area contributed by atoms with E-state index in [1.165, 1.54) is 13.0 Å². The Balaban J connectivity index is 2.03. The van der Waals surface area contributed by atoms with Crippen LogP contribution >= 0.6 is 0 Å². The van der Waals surface area contributed by atoms with Crippen LogP contribution in [0.2, 0.25) is 0 Å². The molecule has 1 aromatic carbocycles. The molecule has 0 aromatic heterocycles. The summed E-state index contributed by atoms with van der Waals surface area (Å²) in [4.78, 5) is 14.5. The molecule has 0 aliphatic carbocycles. The van der Waals surface area contributed by atoms with Crippen molar-refractivity contribution in [2.75, 3.05) is 31.6 Å². The molecule has 0 radical (unpaired) electrons. The minimum atomic E-state index is -0.246. The van der Waals surface area contributed by atoms with E-state index >= 15 is 0 Å². The molecule has 116 valence electrons. The maximum Gasteiger partial charge on any atom is 0.340 e. The van der Waals surface area contributed by atoms with Crippen LogP contribution in [0.3, 0.4) is 0 Å². The van der Waals surface area contributed by atoms with Gasteiger partial charge in [-0.2, -0.15) is 0 Å². The predicted molar refractivity (Wildman–Crippen MR) is 85.8 cm³/mol. The zero-order valence-corrected chi connectivity index (χ0v) is 13.1. The molecule has 1 saturated heterocycles. The van der Waals surface area contributed by atoms with Gasteiger partial charge in [0.25, 0.3) is 0 Å². The lowest BCUT2D eigenvalue weighted by Gasteiger charge is -2.20. The molecule has 2 rings (SSSR count). The fourth-order valence-corrected chi connectivity index (χ4v) is 2.83. The van der Waals surface area contributed by atoms with Gasteiger partial charge < -0.3 is 15.0 Å². The fraction of sp³-hybridized carbons (Fsp3) is 0.588. The monoisotopic (exact) mass is 290 g/mol. The highest BCUT2D eigenvalue weighted by atomic mass is 16.5. The Morgan fingerprint density at radius 1 is 1.29 bits per heavy atom. The van der Waals surface area contributed by atoms with Crippen LogP contribution in [0.5, 0.6) is 0 Å². The number of anilines is 1. The topological polar surface area (TPSA) is 41.6 Å². The van der Waals surface area contributed by atoms with Gasteiger partial charge in [0, 0.05) is 18.3 Å². The number of nitrogens with one attached hydrogen (secondary N) is 1. The summed E-state index contributed by atoms with van der Waals surface area (Å²) in [5, 5.41) is 3.55. The summed E-state index contributed by atoms with van der Waals surface area (Å²) in [6.45, 7) is 7.86. The molecule has 1 aliphatic heterocycles. The summed E-state index contributed by atoms with van der Waals surface area (Å²) in [5.41, 5.74) is 1.53. The number of carbonyl (C=O) groups is 1. The maximum atomic E-state index is 12.0. The Morgan fingerprint density at radius 3 is 2.86 bits per heavy atom. The minimum Gasteiger partial charge on any atom is -0.462 e. The number of likely N-dealkylation sites (tertiary alicyclic amines) is 1. The van der Waals surface area contributed by atoms with Crippen LogP contribution in [0, 0.1) is 0 Å². The van der Waals surface area contributed by atoms with Gasteiger partial charge in [0.2, 0.25) is 0 Å². The average Bonchev–Trinajstić information content (AvgIpc) is 2.73. The number of hydrogen-bond donors (Lipinski definition) is 1. The Bertz CT molecular complexity index is 462. The molecule has 1 atom stereocenters. The molecule has 1 fully saturated rings. The first-order valence-electron chi connectivity index (χ1n) is 7.99. The van der Waals surface area contributed by atoms with Gasteiger partial charge in [0.05, 0.1) is 12.2 Å². The summed E-state index contributed by atoms with van der Waals surface area (Å²) >= 11 is 0. The van der Waals surface area contributed by atoms with Gasteiger partial charge in [-0.05, 0) is 51.4 Å². The normalized spacial score (nSPS) is 19.8. The molecular formula is C17H26N2O2. The highest BCUT2D eigenvalue weighted by Crippen LogP contribution is 2.21. The van der Waals surface area contributed by atoms with Crippen LogP contribution in [0.25, 0.3) is 0 Å². The molecule has 4 heteroatoms. The van der Waals surface area contributed by atoms with Gasteiger partial charge in [0.1, 0.15) is 0 Å². The van der Waals surface area contributed by atoms with Crippen LogP contribution in [0.4, 0.5) is 5.69 Å². The van der Waals surface area contributed by atoms with Crippen LogP contribution in [-0.2, 0) is 4.74 Å². The average molecular weight is 290 g/mol. The lowest BCUT2D eigenvalue weighted by molar-refractivity contribution is 0.0527. The van der Waals surface area contributed by atoms with E-state index < -0.39 is 0 Å². The van der Waals surface area contributed by atoms with E-state index in [4.69, 9.17) is 4.74 Å². The number of para-hydroxylation sites is 1. The third-order valence-electron chi connectivity index (χ3n) is 4.05. The molecule has 0 spiro atoms. The second-order valence-corrected chi connectivity index (χ2v) is 5.47. The number of hydrogen-bond acceptors (Lipinski definition) is 4. The Hall–Kier alpha value is -1.55. The van der Waals surface area contributed by atoms with E-state index in [1.54, 1.807) is 0 Å². The van der Waals surface area contributed by atoms with Gasteiger partial charge in [-0.15, -0.1) is 0 Å². The van der Waals surface area contributed by atoms with E-state index in [1.807, 2.05) is 31.2 Å². The van der Waals surface area contributed by atoms with Gasteiger partial charge in [-0.3, -0.25) is 0 Å². The maximum absolute atomic E-state index is 12.0. The van der Waals surface area contributed by atoms with Crippen LogP contribution in [0.1, 0.15) is 43.5 Å².